The van der Waals surface area contributed by atoms with Gasteiger partial charge in [-0.05, 0) is 36.8 Å². The molecule has 0 aliphatic carbocycles. The van der Waals surface area contributed by atoms with Crippen molar-refractivity contribution in [2.24, 2.45) is 4.99 Å². The van der Waals surface area contributed by atoms with Crippen LogP contribution in [-0.2, 0) is 11.3 Å². The van der Waals surface area contributed by atoms with E-state index in [9.17, 15) is 8.78 Å². The van der Waals surface area contributed by atoms with Gasteiger partial charge in [-0.25, -0.2) is 0 Å². The number of furan rings is 1. The van der Waals surface area contributed by atoms with Crippen molar-refractivity contribution in [1.82, 2.24) is 15.1 Å². The van der Waals surface area contributed by atoms with Crippen LogP contribution in [0.25, 0.3) is 0 Å². The molecule has 1 fully saturated rings. The van der Waals surface area contributed by atoms with Gasteiger partial charge in [0.1, 0.15) is 17.3 Å². The molecule has 1 atom stereocenters. The van der Waals surface area contributed by atoms with Crippen molar-refractivity contribution in [1.29, 1.82) is 0 Å². The smallest absolute Gasteiger partial charge is 0.387 e. The summed E-state index contributed by atoms with van der Waals surface area (Å²) in [4.78, 5) is 8.72. The molecule has 1 aliphatic rings. The van der Waals surface area contributed by atoms with Gasteiger partial charge in [0, 0.05) is 40.3 Å². The Balaban J connectivity index is 0.00000363. The summed E-state index contributed by atoms with van der Waals surface area (Å²) in [7, 11) is 3.67. The zero-order valence-corrected chi connectivity index (χ0v) is 20.9. The van der Waals surface area contributed by atoms with Crippen LogP contribution in [0.4, 0.5) is 8.78 Å². The molecule has 0 amide bonds. The molecule has 2 aromatic rings. The molecule has 3 rings (SSSR count). The van der Waals surface area contributed by atoms with E-state index in [1.807, 2.05) is 31.0 Å². The average Bonchev–Trinajstić information content (AvgIpc) is 3.18. The number of nitrogens with one attached hydrogen (secondary N) is 1. The topological polar surface area (TPSA) is 62.5 Å². The average molecular weight is 564 g/mol. The van der Waals surface area contributed by atoms with Gasteiger partial charge in [-0.1, -0.05) is 12.1 Å². The fourth-order valence-corrected chi connectivity index (χ4v) is 3.63. The molecule has 0 bridgehead atoms. The lowest BCUT2D eigenvalue weighted by Crippen LogP contribution is -2.46. The highest BCUT2D eigenvalue weighted by Crippen LogP contribution is 2.23. The minimum absolute atomic E-state index is 0. The molecule has 7 nitrogen and oxygen atoms in total. The number of morpholine rings is 1. The van der Waals surface area contributed by atoms with Crippen molar-refractivity contribution < 1.29 is 22.7 Å². The van der Waals surface area contributed by atoms with Gasteiger partial charge in [-0.3, -0.25) is 9.89 Å². The highest BCUT2D eigenvalue weighted by Gasteiger charge is 2.25. The Bertz CT molecular complexity index is 842. The number of nitrogens with zero attached hydrogens (tertiary/aromatic N) is 3. The van der Waals surface area contributed by atoms with Gasteiger partial charge in [0.05, 0.1) is 19.3 Å². The fraction of sp³-hybridized carbons (Fsp3) is 0.500. The van der Waals surface area contributed by atoms with Gasteiger partial charge in [0.2, 0.25) is 0 Å². The zero-order valence-electron chi connectivity index (χ0n) is 18.6. The molecule has 1 aromatic heterocycles. The first kappa shape index (κ1) is 26.3. The van der Waals surface area contributed by atoms with Crippen LogP contribution in [0.3, 0.4) is 0 Å². The molecule has 10 heteroatoms. The standard InChI is InChI=1S/C22H30F2N4O3.HI/c1-16-4-9-20(30-16)19(28-10-12-29-13-11-28)14-26-22(25-2)27(3)15-17-5-7-18(8-6-17)31-21(23)24;/h4-9,19,21H,10-15H2,1-3H3,(H,25,26);1H. The maximum absolute atomic E-state index is 12.3. The van der Waals surface area contributed by atoms with E-state index in [0.717, 1.165) is 36.1 Å². The van der Waals surface area contributed by atoms with Crippen LogP contribution in [0.5, 0.6) is 5.75 Å². The number of aliphatic imine (C=N–C) groups is 1. The zero-order chi connectivity index (χ0) is 22.2. The molecule has 1 unspecified atom stereocenters. The van der Waals surface area contributed by atoms with Crippen LogP contribution in [0, 0.1) is 6.92 Å². The van der Waals surface area contributed by atoms with Gasteiger partial charge >= 0.3 is 6.61 Å². The SMILES string of the molecule is CN=C(NCC(c1ccc(C)o1)N1CCOCC1)N(C)Cc1ccc(OC(F)F)cc1.I. The van der Waals surface area contributed by atoms with Crippen LogP contribution in [0.2, 0.25) is 0 Å². The summed E-state index contributed by atoms with van der Waals surface area (Å²) in [6, 6.07) is 10.7. The van der Waals surface area contributed by atoms with E-state index in [0.29, 0.717) is 26.3 Å². The predicted molar refractivity (Wildman–Crippen MR) is 130 cm³/mol. The Morgan fingerprint density at radius 1 is 1.19 bits per heavy atom. The second kappa shape index (κ2) is 12.9. The summed E-state index contributed by atoms with van der Waals surface area (Å²) in [5.74, 6) is 2.68. The van der Waals surface area contributed by atoms with Crippen molar-refractivity contribution >= 4 is 29.9 Å². The highest BCUT2D eigenvalue weighted by atomic mass is 127. The lowest BCUT2D eigenvalue weighted by Gasteiger charge is -2.34. The van der Waals surface area contributed by atoms with E-state index >= 15 is 0 Å². The fourth-order valence-electron chi connectivity index (χ4n) is 3.63. The third-order valence-electron chi connectivity index (χ3n) is 5.17. The van der Waals surface area contributed by atoms with Crippen molar-refractivity contribution in [2.45, 2.75) is 26.1 Å². The van der Waals surface area contributed by atoms with Crippen molar-refractivity contribution in [3.63, 3.8) is 0 Å². The Morgan fingerprint density at radius 3 is 2.44 bits per heavy atom. The lowest BCUT2D eigenvalue weighted by atomic mass is 10.1. The summed E-state index contributed by atoms with van der Waals surface area (Å²) >= 11 is 0. The normalized spacial score (nSPS) is 15.9. The maximum atomic E-state index is 12.3. The predicted octanol–water partition coefficient (Wildman–Crippen LogP) is 3.89. The van der Waals surface area contributed by atoms with Crippen LogP contribution < -0.4 is 10.1 Å². The van der Waals surface area contributed by atoms with Gasteiger partial charge < -0.3 is 24.1 Å². The van der Waals surface area contributed by atoms with E-state index in [-0.39, 0.29) is 35.8 Å². The van der Waals surface area contributed by atoms with Gasteiger partial charge in [-0.15, -0.1) is 24.0 Å². The second-order valence-electron chi connectivity index (χ2n) is 7.42. The Kier molecular flexibility index (Phi) is 10.7. The maximum Gasteiger partial charge on any atom is 0.387 e. The van der Waals surface area contributed by atoms with Crippen molar-refractivity contribution in [3.8, 4) is 5.75 Å². The largest absolute Gasteiger partial charge is 0.465 e. The van der Waals surface area contributed by atoms with Crippen molar-refractivity contribution in [3.05, 3.63) is 53.5 Å². The van der Waals surface area contributed by atoms with Crippen molar-refractivity contribution in [2.75, 3.05) is 46.9 Å². The number of aryl methyl sites for hydroxylation is 1. The number of rotatable bonds is 8. The highest BCUT2D eigenvalue weighted by molar-refractivity contribution is 14.0. The minimum Gasteiger partial charge on any atom is -0.465 e. The van der Waals surface area contributed by atoms with Crippen LogP contribution in [0.15, 0.2) is 45.8 Å². The van der Waals surface area contributed by atoms with E-state index in [1.165, 1.54) is 0 Å². The number of alkyl halides is 2. The Labute approximate surface area is 204 Å². The Morgan fingerprint density at radius 2 is 1.88 bits per heavy atom. The number of ether oxygens (including phenoxy) is 2. The van der Waals surface area contributed by atoms with E-state index in [4.69, 9.17) is 9.15 Å². The molecule has 0 spiro atoms. The number of benzene rings is 1. The van der Waals surface area contributed by atoms with Crippen LogP contribution >= 0.6 is 24.0 Å². The number of hydrogen-bond acceptors (Lipinski definition) is 5. The monoisotopic (exact) mass is 564 g/mol. The summed E-state index contributed by atoms with van der Waals surface area (Å²) in [5.41, 5.74) is 0.957. The summed E-state index contributed by atoms with van der Waals surface area (Å²) in [6.07, 6.45) is 0. The number of hydrogen-bond donors (Lipinski definition) is 1. The summed E-state index contributed by atoms with van der Waals surface area (Å²) in [6.45, 7) is 3.40. The summed E-state index contributed by atoms with van der Waals surface area (Å²) in [5, 5.41) is 3.44. The molecule has 2 heterocycles. The number of guanidine groups is 1. The molecular formula is C22H31F2IN4O3. The van der Waals surface area contributed by atoms with Crippen LogP contribution in [0.1, 0.15) is 23.1 Å². The van der Waals surface area contributed by atoms with Crippen LogP contribution in [-0.4, -0.2) is 69.3 Å². The second-order valence-corrected chi connectivity index (χ2v) is 7.42. The third-order valence-corrected chi connectivity index (χ3v) is 5.17. The Hall–Kier alpha value is -1.92. The third kappa shape index (κ3) is 7.59. The minimum atomic E-state index is -2.83. The van der Waals surface area contributed by atoms with Gasteiger partial charge in [0.25, 0.3) is 0 Å². The molecule has 1 aliphatic heterocycles. The lowest BCUT2D eigenvalue weighted by molar-refractivity contribution is -0.0498. The quantitative estimate of drug-likeness (QED) is 0.299. The first-order chi connectivity index (χ1) is 15.0. The molecule has 32 heavy (non-hydrogen) atoms. The number of halogens is 3. The van der Waals surface area contributed by atoms with E-state index in [2.05, 4.69) is 19.9 Å². The first-order valence-electron chi connectivity index (χ1n) is 10.3. The van der Waals surface area contributed by atoms with E-state index < -0.39 is 6.61 Å². The molecule has 0 saturated carbocycles. The van der Waals surface area contributed by atoms with E-state index in [1.54, 1.807) is 31.3 Å². The molecule has 1 N–H and O–H groups in total. The molecule has 1 aromatic carbocycles. The molecule has 0 radical (unpaired) electrons. The van der Waals surface area contributed by atoms with Gasteiger partial charge in [-0.2, -0.15) is 8.78 Å². The summed E-state index contributed by atoms with van der Waals surface area (Å²) < 4.78 is 40.5. The molecule has 178 valence electrons. The molecular weight excluding hydrogens is 533 g/mol. The van der Waals surface area contributed by atoms with Gasteiger partial charge in [0.15, 0.2) is 5.96 Å². The first-order valence-corrected chi connectivity index (χ1v) is 10.3. The molecule has 1 saturated heterocycles.